The van der Waals surface area contributed by atoms with Crippen molar-refractivity contribution in [3.05, 3.63) is 71.3 Å². The molecule has 1 amide bonds. The van der Waals surface area contributed by atoms with Crippen LogP contribution in [-0.2, 0) is 24.0 Å². The molecule has 0 saturated carbocycles. The number of alkyl carbamates (subject to hydrolysis) is 1. The number of hydrogen-bond donors (Lipinski definition) is 3. The Balaban J connectivity index is 1.13. The van der Waals surface area contributed by atoms with Gasteiger partial charge in [0.05, 0.1) is 17.1 Å². The zero-order valence-electron chi connectivity index (χ0n) is 18.8. The number of rotatable bonds is 6. The first-order valence-electron chi connectivity index (χ1n) is 11.5. The number of aryl methyl sites for hydroxylation is 1. The number of pyridine rings is 1. The Kier molecular flexibility index (Phi) is 5.71. The molecule has 1 aromatic carbocycles. The standard InChI is InChI=1S/C25H23N7O2S/c33-25(27-10-7-15-5-8-26-9-6-15)34-18-2-3-19-21(12-18)35-24-22(19)23(28-14-29-24)31-17-1-4-20-16(11-17)13-30-32-20/h1,4-6,8-9,11,13-14,18H,2-3,7,10,12H2,(H,27,33)(H,30,32)(H,28,29,31). The fourth-order valence-electron chi connectivity index (χ4n) is 4.48. The molecule has 1 aliphatic rings. The van der Waals surface area contributed by atoms with E-state index in [1.807, 2.05) is 30.3 Å². The second-order valence-electron chi connectivity index (χ2n) is 8.51. The highest BCUT2D eigenvalue weighted by Crippen LogP contribution is 2.39. The number of amides is 1. The third kappa shape index (κ3) is 4.52. The summed E-state index contributed by atoms with van der Waals surface area (Å²) >= 11 is 1.65. The summed E-state index contributed by atoms with van der Waals surface area (Å²) in [6.07, 6.45) is 9.39. The number of anilines is 2. The number of aromatic amines is 1. The van der Waals surface area contributed by atoms with E-state index < -0.39 is 0 Å². The Bertz CT molecular complexity index is 1500. The van der Waals surface area contributed by atoms with E-state index in [1.54, 1.807) is 36.3 Å². The number of aromatic nitrogens is 5. The van der Waals surface area contributed by atoms with Crippen LogP contribution < -0.4 is 10.6 Å². The van der Waals surface area contributed by atoms with Gasteiger partial charge in [-0.25, -0.2) is 14.8 Å². The minimum Gasteiger partial charge on any atom is -0.446 e. The SMILES string of the molecule is O=C(NCCc1ccncc1)OC1CCc2c(sc3ncnc(Nc4ccc5[nH]ncc5c4)c23)C1. The number of nitrogens with one attached hydrogen (secondary N) is 3. The summed E-state index contributed by atoms with van der Waals surface area (Å²) in [5.74, 6) is 0.795. The van der Waals surface area contributed by atoms with Crippen LogP contribution in [0.2, 0.25) is 0 Å². The molecule has 9 nitrogen and oxygen atoms in total. The van der Waals surface area contributed by atoms with Crippen molar-refractivity contribution >= 4 is 50.1 Å². The Labute approximate surface area is 205 Å². The van der Waals surface area contributed by atoms with Crippen LogP contribution in [0.1, 0.15) is 22.4 Å². The second kappa shape index (κ2) is 9.30. The lowest BCUT2D eigenvalue weighted by Gasteiger charge is -2.22. The molecule has 4 heterocycles. The maximum Gasteiger partial charge on any atom is 0.407 e. The predicted octanol–water partition coefficient (Wildman–Crippen LogP) is 4.53. The summed E-state index contributed by atoms with van der Waals surface area (Å²) in [6.45, 7) is 0.527. The van der Waals surface area contributed by atoms with E-state index in [-0.39, 0.29) is 12.2 Å². The average Bonchev–Trinajstić information content (AvgIpc) is 3.49. The first-order chi connectivity index (χ1) is 17.2. The molecular formula is C25H23N7O2S. The molecule has 1 atom stereocenters. The predicted molar refractivity (Wildman–Crippen MR) is 135 cm³/mol. The maximum atomic E-state index is 12.3. The van der Waals surface area contributed by atoms with Gasteiger partial charge in [-0.05, 0) is 60.7 Å². The molecule has 5 aromatic rings. The van der Waals surface area contributed by atoms with Crippen molar-refractivity contribution in [2.24, 2.45) is 0 Å². The highest BCUT2D eigenvalue weighted by molar-refractivity contribution is 7.19. The van der Waals surface area contributed by atoms with Crippen LogP contribution in [0.5, 0.6) is 0 Å². The van der Waals surface area contributed by atoms with Gasteiger partial charge in [0.2, 0.25) is 0 Å². The second-order valence-corrected chi connectivity index (χ2v) is 9.59. The van der Waals surface area contributed by atoms with E-state index in [4.69, 9.17) is 4.74 Å². The van der Waals surface area contributed by atoms with E-state index in [0.717, 1.165) is 57.5 Å². The van der Waals surface area contributed by atoms with Gasteiger partial charge in [-0.15, -0.1) is 11.3 Å². The molecular weight excluding hydrogens is 462 g/mol. The molecule has 1 aliphatic carbocycles. The van der Waals surface area contributed by atoms with Crippen molar-refractivity contribution in [3.63, 3.8) is 0 Å². The van der Waals surface area contributed by atoms with Gasteiger partial charge in [0.25, 0.3) is 0 Å². The monoisotopic (exact) mass is 485 g/mol. The summed E-state index contributed by atoms with van der Waals surface area (Å²) in [4.78, 5) is 27.5. The van der Waals surface area contributed by atoms with E-state index in [2.05, 4.69) is 35.8 Å². The number of nitrogens with zero attached hydrogens (tertiary/aromatic N) is 4. The molecule has 0 radical (unpaired) electrons. The van der Waals surface area contributed by atoms with Crippen molar-refractivity contribution in [3.8, 4) is 0 Å². The molecule has 10 heteroatoms. The largest absolute Gasteiger partial charge is 0.446 e. The van der Waals surface area contributed by atoms with Crippen LogP contribution in [-0.4, -0.2) is 43.9 Å². The zero-order valence-corrected chi connectivity index (χ0v) is 19.6. The molecule has 1 unspecified atom stereocenters. The van der Waals surface area contributed by atoms with Gasteiger partial charge in [-0.2, -0.15) is 5.10 Å². The van der Waals surface area contributed by atoms with Crippen LogP contribution >= 0.6 is 11.3 Å². The number of H-pyrrole nitrogens is 1. The summed E-state index contributed by atoms with van der Waals surface area (Å²) in [5, 5.41) is 15.5. The zero-order chi connectivity index (χ0) is 23.6. The minimum atomic E-state index is -0.370. The molecule has 6 rings (SSSR count). The highest BCUT2D eigenvalue weighted by atomic mass is 32.1. The lowest BCUT2D eigenvalue weighted by atomic mass is 9.94. The molecule has 4 aromatic heterocycles. The topological polar surface area (TPSA) is 118 Å². The summed E-state index contributed by atoms with van der Waals surface area (Å²) in [7, 11) is 0. The van der Waals surface area contributed by atoms with Crippen LogP contribution in [0.3, 0.4) is 0 Å². The van der Waals surface area contributed by atoms with Crippen molar-refractivity contribution in [2.75, 3.05) is 11.9 Å². The first-order valence-corrected chi connectivity index (χ1v) is 12.3. The number of thiophene rings is 1. The Morgan fingerprint density at radius 3 is 3.03 bits per heavy atom. The van der Waals surface area contributed by atoms with Crippen LogP contribution in [0, 0.1) is 0 Å². The number of carbonyl (C=O) groups is 1. The van der Waals surface area contributed by atoms with Crippen molar-refractivity contribution in [1.29, 1.82) is 0 Å². The fourth-order valence-corrected chi connectivity index (χ4v) is 5.74. The first kappa shape index (κ1) is 21.5. The van der Waals surface area contributed by atoms with Gasteiger partial charge >= 0.3 is 6.09 Å². The van der Waals surface area contributed by atoms with E-state index >= 15 is 0 Å². The number of carbonyl (C=O) groups excluding carboxylic acids is 1. The number of fused-ring (bicyclic) bond motifs is 4. The van der Waals surface area contributed by atoms with Crippen LogP contribution in [0.15, 0.2) is 55.2 Å². The van der Waals surface area contributed by atoms with Crippen molar-refractivity contribution < 1.29 is 9.53 Å². The average molecular weight is 486 g/mol. The lowest BCUT2D eigenvalue weighted by molar-refractivity contribution is 0.0904. The smallest absolute Gasteiger partial charge is 0.407 e. The maximum absolute atomic E-state index is 12.3. The molecule has 0 fully saturated rings. The minimum absolute atomic E-state index is 0.149. The third-order valence-corrected chi connectivity index (χ3v) is 7.37. The highest BCUT2D eigenvalue weighted by Gasteiger charge is 2.27. The van der Waals surface area contributed by atoms with Crippen molar-refractivity contribution in [1.82, 2.24) is 30.5 Å². The molecule has 35 heavy (non-hydrogen) atoms. The number of hydrogen-bond acceptors (Lipinski definition) is 8. The molecule has 176 valence electrons. The molecule has 0 aliphatic heterocycles. The lowest BCUT2D eigenvalue weighted by Crippen LogP contribution is -2.32. The molecule has 0 saturated heterocycles. The Morgan fingerprint density at radius 1 is 1.20 bits per heavy atom. The van der Waals surface area contributed by atoms with Gasteiger partial charge in [0, 0.05) is 41.3 Å². The normalized spacial score (nSPS) is 15.1. The van der Waals surface area contributed by atoms with E-state index in [0.29, 0.717) is 13.0 Å². The van der Waals surface area contributed by atoms with Gasteiger partial charge < -0.3 is 15.4 Å². The van der Waals surface area contributed by atoms with Crippen LogP contribution in [0.4, 0.5) is 16.3 Å². The Morgan fingerprint density at radius 2 is 2.11 bits per heavy atom. The fraction of sp³-hybridized carbons (Fsp3) is 0.240. The number of benzene rings is 1. The van der Waals surface area contributed by atoms with Gasteiger partial charge in [0.15, 0.2) is 0 Å². The quantitative estimate of drug-likeness (QED) is 0.323. The van der Waals surface area contributed by atoms with Gasteiger partial charge in [0.1, 0.15) is 23.1 Å². The molecule has 3 N–H and O–H groups in total. The molecule has 0 bridgehead atoms. The van der Waals surface area contributed by atoms with Crippen LogP contribution in [0.25, 0.3) is 21.1 Å². The van der Waals surface area contributed by atoms with Crippen molar-refractivity contribution in [2.45, 2.75) is 31.8 Å². The third-order valence-electron chi connectivity index (χ3n) is 6.21. The van der Waals surface area contributed by atoms with Gasteiger partial charge in [-0.1, -0.05) is 0 Å². The van der Waals surface area contributed by atoms with Gasteiger partial charge in [-0.3, -0.25) is 10.1 Å². The summed E-state index contributed by atoms with van der Waals surface area (Å²) < 4.78 is 5.72. The molecule has 0 spiro atoms. The Hall–Kier alpha value is -4.05. The van der Waals surface area contributed by atoms with E-state index in [9.17, 15) is 4.79 Å². The summed E-state index contributed by atoms with van der Waals surface area (Å²) in [5.41, 5.74) is 4.31. The number of ether oxygens (including phenoxy) is 1. The van der Waals surface area contributed by atoms with E-state index in [1.165, 1.54) is 10.4 Å². The summed E-state index contributed by atoms with van der Waals surface area (Å²) in [6, 6.07) is 9.93.